The van der Waals surface area contributed by atoms with Crippen LogP contribution in [0, 0.1) is 5.41 Å². The Bertz CT molecular complexity index is 234. The third-order valence-corrected chi connectivity index (χ3v) is 2.10. The number of hydrogen-bond acceptors (Lipinski definition) is 3. The molecule has 0 unspecified atom stereocenters. The third kappa shape index (κ3) is 2.89. The van der Waals surface area contributed by atoms with Crippen molar-refractivity contribution in [2.75, 3.05) is 5.73 Å². The van der Waals surface area contributed by atoms with Gasteiger partial charge < -0.3 is 5.73 Å². The molecule has 2 N–H and O–H groups in total. The van der Waals surface area contributed by atoms with Crippen LogP contribution in [0.2, 0.25) is 0 Å². The fourth-order valence-electron chi connectivity index (χ4n) is 0.927. The SMILES string of the molecule is CC(C)(C)Cc1cnc(N)s1. The van der Waals surface area contributed by atoms with Gasteiger partial charge in [-0.3, -0.25) is 0 Å². The lowest BCUT2D eigenvalue weighted by Gasteiger charge is -2.15. The first-order chi connectivity index (χ1) is 4.97. The van der Waals surface area contributed by atoms with E-state index in [0.29, 0.717) is 10.5 Å². The molecule has 0 aliphatic heterocycles. The third-order valence-electron chi connectivity index (χ3n) is 1.28. The molecule has 0 saturated carbocycles. The predicted molar refractivity (Wildman–Crippen MR) is 49.7 cm³/mol. The van der Waals surface area contributed by atoms with Gasteiger partial charge in [0.15, 0.2) is 5.13 Å². The van der Waals surface area contributed by atoms with Gasteiger partial charge in [0.2, 0.25) is 0 Å². The molecule has 62 valence electrons. The second-order valence-electron chi connectivity index (χ2n) is 3.90. The van der Waals surface area contributed by atoms with Crippen molar-refractivity contribution in [3.05, 3.63) is 11.1 Å². The van der Waals surface area contributed by atoms with Crippen molar-refractivity contribution in [1.82, 2.24) is 4.98 Å². The maximum Gasteiger partial charge on any atom is 0.180 e. The van der Waals surface area contributed by atoms with Crippen LogP contribution < -0.4 is 5.73 Å². The normalized spacial score (nSPS) is 11.9. The van der Waals surface area contributed by atoms with Gasteiger partial charge in [0, 0.05) is 11.1 Å². The molecule has 1 aromatic heterocycles. The molecule has 0 amide bonds. The largest absolute Gasteiger partial charge is 0.375 e. The Hall–Kier alpha value is -0.570. The summed E-state index contributed by atoms with van der Waals surface area (Å²) in [6.07, 6.45) is 2.92. The lowest BCUT2D eigenvalue weighted by atomic mass is 9.92. The van der Waals surface area contributed by atoms with E-state index in [0.717, 1.165) is 6.42 Å². The number of aromatic nitrogens is 1. The molecule has 0 spiro atoms. The quantitative estimate of drug-likeness (QED) is 0.702. The van der Waals surface area contributed by atoms with E-state index in [1.54, 1.807) is 11.3 Å². The highest BCUT2D eigenvalue weighted by Gasteiger charge is 2.12. The molecule has 0 aliphatic carbocycles. The zero-order chi connectivity index (χ0) is 8.48. The smallest absolute Gasteiger partial charge is 0.180 e. The van der Waals surface area contributed by atoms with E-state index in [4.69, 9.17) is 5.73 Å². The maximum absolute atomic E-state index is 5.50. The van der Waals surface area contributed by atoms with Crippen molar-refractivity contribution in [1.29, 1.82) is 0 Å². The van der Waals surface area contributed by atoms with E-state index in [9.17, 15) is 0 Å². The van der Waals surface area contributed by atoms with Crippen LogP contribution in [0.25, 0.3) is 0 Å². The van der Waals surface area contributed by atoms with E-state index >= 15 is 0 Å². The molecule has 0 bridgehead atoms. The summed E-state index contributed by atoms with van der Waals surface area (Å²) in [5, 5.41) is 0.671. The zero-order valence-corrected chi connectivity index (χ0v) is 8.03. The number of nitrogens with zero attached hydrogens (tertiary/aromatic N) is 1. The fraction of sp³-hybridized carbons (Fsp3) is 0.625. The molecule has 0 atom stereocenters. The van der Waals surface area contributed by atoms with E-state index < -0.39 is 0 Å². The molecule has 1 aromatic rings. The second-order valence-corrected chi connectivity index (χ2v) is 5.05. The van der Waals surface area contributed by atoms with Crippen molar-refractivity contribution in [3.8, 4) is 0 Å². The molecule has 0 radical (unpaired) electrons. The Kier molecular flexibility index (Phi) is 2.18. The van der Waals surface area contributed by atoms with Crippen LogP contribution in [-0.4, -0.2) is 4.98 Å². The monoisotopic (exact) mass is 170 g/mol. The van der Waals surface area contributed by atoms with Crippen LogP contribution >= 0.6 is 11.3 Å². The molecule has 11 heavy (non-hydrogen) atoms. The summed E-state index contributed by atoms with van der Waals surface area (Å²) in [6.45, 7) is 6.63. The first-order valence-corrected chi connectivity index (χ1v) is 4.49. The summed E-state index contributed by atoms with van der Waals surface area (Å²) in [7, 11) is 0. The summed E-state index contributed by atoms with van der Waals surface area (Å²) in [6, 6.07) is 0. The number of thiazole rings is 1. The molecule has 0 saturated heterocycles. The van der Waals surface area contributed by atoms with Gasteiger partial charge in [-0.25, -0.2) is 4.98 Å². The Labute approximate surface area is 71.5 Å². The molecule has 1 rings (SSSR count). The minimum absolute atomic E-state index is 0.332. The van der Waals surface area contributed by atoms with Crippen molar-refractivity contribution >= 4 is 16.5 Å². The molecular weight excluding hydrogens is 156 g/mol. The standard InChI is InChI=1S/C8H14N2S/c1-8(2,3)4-6-5-10-7(9)11-6/h5H,4H2,1-3H3,(H2,9,10). The van der Waals surface area contributed by atoms with Crippen LogP contribution in [0.4, 0.5) is 5.13 Å². The van der Waals surface area contributed by atoms with E-state index in [-0.39, 0.29) is 0 Å². The van der Waals surface area contributed by atoms with Gasteiger partial charge >= 0.3 is 0 Å². The highest BCUT2D eigenvalue weighted by atomic mass is 32.1. The molecule has 0 aliphatic rings. The first-order valence-electron chi connectivity index (χ1n) is 3.67. The van der Waals surface area contributed by atoms with Crippen LogP contribution in [-0.2, 0) is 6.42 Å². The van der Waals surface area contributed by atoms with Crippen LogP contribution in [0.5, 0.6) is 0 Å². The van der Waals surface area contributed by atoms with E-state index in [1.165, 1.54) is 4.88 Å². The number of nitrogens with two attached hydrogens (primary N) is 1. The van der Waals surface area contributed by atoms with Crippen molar-refractivity contribution in [3.63, 3.8) is 0 Å². The summed E-state index contributed by atoms with van der Waals surface area (Å²) in [5.41, 5.74) is 5.84. The topological polar surface area (TPSA) is 38.9 Å². The molecule has 2 nitrogen and oxygen atoms in total. The summed E-state index contributed by atoms with van der Waals surface area (Å²) >= 11 is 1.58. The van der Waals surface area contributed by atoms with Crippen LogP contribution in [0.15, 0.2) is 6.20 Å². The Morgan fingerprint density at radius 1 is 1.55 bits per heavy atom. The van der Waals surface area contributed by atoms with Gasteiger partial charge in [-0.2, -0.15) is 0 Å². The zero-order valence-electron chi connectivity index (χ0n) is 7.22. The van der Waals surface area contributed by atoms with E-state index in [2.05, 4.69) is 25.8 Å². The average Bonchev–Trinajstić information content (AvgIpc) is 2.10. The lowest BCUT2D eigenvalue weighted by Crippen LogP contribution is -2.07. The highest BCUT2D eigenvalue weighted by molar-refractivity contribution is 7.15. The fourth-order valence-corrected chi connectivity index (χ4v) is 1.91. The van der Waals surface area contributed by atoms with Crippen LogP contribution in [0.1, 0.15) is 25.6 Å². The highest BCUT2D eigenvalue weighted by Crippen LogP contribution is 2.24. The lowest BCUT2D eigenvalue weighted by molar-refractivity contribution is 0.414. The average molecular weight is 170 g/mol. The number of nitrogen functional groups attached to an aromatic ring is 1. The molecule has 0 fully saturated rings. The predicted octanol–water partition coefficient (Wildman–Crippen LogP) is 2.31. The Morgan fingerprint density at radius 2 is 2.18 bits per heavy atom. The number of anilines is 1. The molecular formula is C8H14N2S. The van der Waals surface area contributed by atoms with Crippen molar-refractivity contribution in [2.45, 2.75) is 27.2 Å². The summed E-state index contributed by atoms with van der Waals surface area (Å²) < 4.78 is 0. The first kappa shape index (κ1) is 8.53. The van der Waals surface area contributed by atoms with E-state index in [1.807, 2.05) is 6.20 Å². The van der Waals surface area contributed by atoms with Gasteiger partial charge in [0.25, 0.3) is 0 Å². The van der Waals surface area contributed by atoms with Gasteiger partial charge in [-0.05, 0) is 11.8 Å². The van der Waals surface area contributed by atoms with Gasteiger partial charge in [0.1, 0.15) is 0 Å². The van der Waals surface area contributed by atoms with Crippen molar-refractivity contribution in [2.24, 2.45) is 5.41 Å². The summed E-state index contributed by atoms with van der Waals surface area (Å²) in [5.74, 6) is 0. The molecule has 1 heterocycles. The Balaban J connectivity index is 2.65. The minimum atomic E-state index is 0.332. The molecule has 3 heteroatoms. The molecule has 0 aromatic carbocycles. The summed E-state index contributed by atoms with van der Waals surface area (Å²) in [4.78, 5) is 5.27. The van der Waals surface area contributed by atoms with Crippen molar-refractivity contribution < 1.29 is 0 Å². The maximum atomic E-state index is 5.50. The number of rotatable bonds is 1. The van der Waals surface area contributed by atoms with Crippen LogP contribution in [0.3, 0.4) is 0 Å². The second kappa shape index (κ2) is 2.81. The van der Waals surface area contributed by atoms with Gasteiger partial charge in [0.05, 0.1) is 0 Å². The van der Waals surface area contributed by atoms with Gasteiger partial charge in [-0.1, -0.05) is 20.8 Å². The minimum Gasteiger partial charge on any atom is -0.375 e. The van der Waals surface area contributed by atoms with Gasteiger partial charge in [-0.15, -0.1) is 11.3 Å². The Morgan fingerprint density at radius 3 is 2.55 bits per heavy atom. The number of hydrogen-bond donors (Lipinski definition) is 1.